The summed E-state index contributed by atoms with van der Waals surface area (Å²) in [6.45, 7) is 4.65. The predicted octanol–water partition coefficient (Wildman–Crippen LogP) is 0.873. The van der Waals surface area contributed by atoms with Crippen molar-refractivity contribution >= 4 is 25.8 Å². The molecule has 0 spiro atoms. The molecule has 1 aromatic rings. The number of sulfone groups is 1. The van der Waals surface area contributed by atoms with Crippen molar-refractivity contribution < 1.29 is 26.5 Å². The Kier molecular flexibility index (Phi) is 4.81. The number of hydrogen-bond acceptors (Lipinski definition) is 6. The topological polar surface area (TPSA) is 107 Å². The molecule has 9 heteroatoms. The van der Waals surface area contributed by atoms with E-state index in [1.165, 1.54) is 12.1 Å². The van der Waals surface area contributed by atoms with E-state index in [1.54, 1.807) is 25.7 Å². The van der Waals surface area contributed by atoms with Gasteiger partial charge in [0.25, 0.3) is 10.0 Å². The average Bonchev–Trinajstić information content (AvgIpc) is 2.34. The van der Waals surface area contributed by atoms with Crippen molar-refractivity contribution in [3.05, 3.63) is 24.3 Å². The molecule has 0 saturated carbocycles. The van der Waals surface area contributed by atoms with Crippen LogP contribution >= 0.6 is 0 Å². The number of benzene rings is 1. The monoisotopic (exact) mass is 335 g/mol. The fraction of sp³-hybridized carbons (Fsp3) is 0.417. The van der Waals surface area contributed by atoms with Crippen molar-refractivity contribution in [2.45, 2.75) is 30.6 Å². The molecule has 0 aromatic heterocycles. The van der Waals surface area contributed by atoms with Crippen molar-refractivity contribution in [3.63, 3.8) is 0 Å². The molecule has 0 fully saturated rings. The number of nitrogens with one attached hydrogen (secondary N) is 1. The molecule has 0 heterocycles. The number of carbonyl (C=O) groups is 1. The molecule has 0 aliphatic rings. The fourth-order valence-electron chi connectivity index (χ4n) is 1.27. The fourth-order valence-corrected chi connectivity index (χ4v) is 3.68. The molecule has 7 nitrogen and oxygen atoms in total. The van der Waals surface area contributed by atoms with Gasteiger partial charge in [0.15, 0.2) is 9.84 Å². The molecule has 1 aromatic carbocycles. The Morgan fingerprint density at radius 2 is 1.52 bits per heavy atom. The van der Waals surface area contributed by atoms with Gasteiger partial charge in [-0.25, -0.2) is 21.6 Å². The average molecular weight is 335 g/mol. The smallest absolute Gasteiger partial charge is 0.331 e. The highest BCUT2D eigenvalue weighted by Crippen LogP contribution is 2.21. The van der Waals surface area contributed by atoms with Crippen molar-refractivity contribution in [1.82, 2.24) is 4.89 Å². The second kappa shape index (κ2) is 5.74. The van der Waals surface area contributed by atoms with Crippen LogP contribution in [0.5, 0.6) is 0 Å². The maximum atomic E-state index is 12.1. The molecule has 0 atom stereocenters. The minimum Gasteiger partial charge on any atom is -0.355 e. The van der Waals surface area contributed by atoms with Crippen LogP contribution in [0.15, 0.2) is 34.1 Å². The highest BCUT2D eigenvalue weighted by atomic mass is 32.2. The second-order valence-electron chi connectivity index (χ2n) is 5.45. The highest BCUT2D eigenvalue weighted by molar-refractivity contribution is 7.93. The van der Waals surface area contributed by atoms with E-state index < -0.39 is 36.1 Å². The molecule has 0 aliphatic carbocycles. The number of carbonyl (C=O) groups excluding carboxylic acids is 1. The van der Waals surface area contributed by atoms with Crippen LogP contribution in [-0.4, -0.2) is 29.1 Å². The first-order chi connectivity index (χ1) is 9.36. The van der Waals surface area contributed by atoms with Crippen LogP contribution in [0.25, 0.3) is 0 Å². The quantitative estimate of drug-likeness (QED) is 0.818. The van der Waals surface area contributed by atoms with Crippen LogP contribution in [0.2, 0.25) is 0 Å². The Bertz CT molecular complexity index is 744. The van der Waals surface area contributed by atoms with E-state index in [9.17, 15) is 21.6 Å². The van der Waals surface area contributed by atoms with Crippen molar-refractivity contribution in [3.8, 4) is 0 Å². The van der Waals surface area contributed by atoms with Gasteiger partial charge in [-0.1, -0.05) is 12.1 Å². The summed E-state index contributed by atoms with van der Waals surface area (Å²) in [6, 6.07) is 5.05. The summed E-state index contributed by atoms with van der Waals surface area (Å²) in [7, 11) is -8.04. The van der Waals surface area contributed by atoms with Crippen LogP contribution in [0.3, 0.4) is 0 Å². The normalized spacial score (nSPS) is 13.0. The third-order valence-corrected chi connectivity index (χ3v) is 4.92. The van der Waals surface area contributed by atoms with E-state index in [2.05, 4.69) is 4.84 Å². The van der Waals surface area contributed by atoms with Crippen molar-refractivity contribution in [2.24, 2.45) is 5.41 Å². The molecule has 0 unspecified atom stereocenters. The van der Waals surface area contributed by atoms with Gasteiger partial charge < -0.3 is 4.84 Å². The minimum atomic E-state index is -4.30. The molecule has 0 saturated heterocycles. The number of hydrogen-bond donors (Lipinski definition) is 1. The largest absolute Gasteiger partial charge is 0.355 e. The first-order valence-corrected chi connectivity index (χ1v) is 9.25. The standard InChI is InChI=1S/C12H17NO6S2/c1-12(2,3)11(14)19-13-21(17,18)10-8-6-5-7-9(10)20(4,15)16/h5-8,13H,1-4H3. The maximum absolute atomic E-state index is 12.1. The lowest BCUT2D eigenvalue weighted by Gasteiger charge is -2.16. The first-order valence-electron chi connectivity index (χ1n) is 5.88. The van der Waals surface area contributed by atoms with Crippen LogP contribution in [0.4, 0.5) is 0 Å². The van der Waals surface area contributed by atoms with Gasteiger partial charge >= 0.3 is 5.97 Å². The lowest BCUT2D eigenvalue weighted by atomic mass is 9.98. The van der Waals surface area contributed by atoms with Gasteiger partial charge in [-0.15, -0.1) is 0 Å². The van der Waals surface area contributed by atoms with Crippen LogP contribution < -0.4 is 4.89 Å². The molecule has 0 amide bonds. The van der Waals surface area contributed by atoms with Crippen molar-refractivity contribution in [2.75, 3.05) is 6.26 Å². The highest BCUT2D eigenvalue weighted by Gasteiger charge is 2.28. The number of sulfonamides is 1. The van der Waals surface area contributed by atoms with Crippen LogP contribution in [-0.2, 0) is 29.5 Å². The summed E-state index contributed by atoms with van der Waals surface area (Å²) in [5, 5.41) is 0. The van der Waals surface area contributed by atoms with Gasteiger partial charge in [0, 0.05) is 6.26 Å². The van der Waals surface area contributed by atoms with E-state index in [4.69, 9.17) is 0 Å². The summed E-state index contributed by atoms with van der Waals surface area (Å²) in [5.41, 5.74) is -0.904. The Morgan fingerprint density at radius 1 is 1.05 bits per heavy atom. The van der Waals surface area contributed by atoms with E-state index in [0.29, 0.717) is 0 Å². The summed E-state index contributed by atoms with van der Waals surface area (Å²) in [4.78, 5) is 16.9. The maximum Gasteiger partial charge on any atom is 0.331 e. The zero-order valence-electron chi connectivity index (χ0n) is 12.1. The van der Waals surface area contributed by atoms with E-state index in [-0.39, 0.29) is 4.90 Å². The summed E-state index contributed by atoms with van der Waals surface area (Å²) >= 11 is 0. The lowest BCUT2D eigenvalue weighted by Crippen LogP contribution is -2.33. The second-order valence-corrected chi connectivity index (χ2v) is 9.04. The predicted molar refractivity (Wildman–Crippen MR) is 75.4 cm³/mol. The lowest BCUT2D eigenvalue weighted by molar-refractivity contribution is -0.156. The van der Waals surface area contributed by atoms with Gasteiger partial charge in [-0.05, 0) is 37.8 Å². The molecular formula is C12H17NO6S2. The molecule has 21 heavy (non-hydrogen) atoms. The molecule has 0 radical (unpaired) electrons. The Labute approximate surface area is 124 Å². The van der Waals surface area contributed by atoms with E-state index in [1.807, 2.05) is 0 Å². The zero-order chi connectivity index (χ0) is 16.5. The SMILES string of the molecule is CC(C)(C)C(=O)ONS(=O)(=O)c1ccccc1S(C)(=O)=O. The minimum absolute atomic E-state index is 0.371. The van der Waals surface area contributed by atoms with Crippen molar-refractivity contribution in [1.29, 1.82) is 0 Å². The third-order valence-electron chi connectivity index (χ3n) is 2.39. The Morgan fingerprint density at radius 3 is 1.95 bits per heavy atom. The van der Waals surface area contributed by atoms with E-state index in [0.717, 1.165) is 18.4 Å². The molecule has 1 N–H and O–H groups in total. The van der Waals surface area contributed by atoms with Gasteiger partial charge in [0.05, 0.1) is 10.3 Å². The van der Waals surface area contributed by atoms with Crippen LogP contribution in [0.1, 0.15) is 20.8 Å². The molecule has 0 bridgehead atoms. The first kappa shape index (κ1) is 17.6. The molecule has 0 aliphatic heterocycles. The molecule has 1 rings (SSSR count). The summed E-state index contributed by atoms with van der Waals surface area (Å²) in [6.07, 6.45) is 0.891. The van der Waals surface area contributed by atoms with E-state index >= 15 is 0 Å². The summed E-state index contributed by atoms with van der Waals surface area (Å²) in [5.74, 6) is -0.789. The van der Waals surface area contributed by atoms with Crippen LogP contribution in [0, 0.1) is 5.41 Å². The Hall–Kier alpha value is -1.45. The Balaban J connectivity index is 3.14. The molecule has 118 valence electrons. The zero-order valence-corrected chi connectivity index (χ0v) is 13.7. The van der Waals surface area contributed by atoms with Gasteiger partial charge in [0.1, 0.15) is 4.90 Å². The molecular weight excluding hydrogens is 318 g/mol. The van der Waals surface area contributed by atoms with Gasteiger partial charge in [-0.3, -0.25) is 0 Å². The van der Waals surface area contributed by atoms with Gasteiger partial charge in [-0.2, -0.15) is 0 Å². The summed E-state index contributed by atoms with van der Waals surface area (Å²) < 4.78 is 47.4. The third kappa shape index (κ3) is 4.51. The van der Waals surface area contributed by atoms with Gasteiger partial charge in [0.2, 0.25) is 0 Å². The number of rotatable bonds is 4.